The van der Waals surface area contributed by atoms with E-state index in [1.165, 1.54) is 21.9 Å². The van der Waals surface area contributed by atoms with Crippen LogP contribution >= 0.6 is 0 Å². The van der Waals surface area contributed by atoms with Crippen molar-refractivity contribution >= 4 is 58.6 Å². The Labute approximate surface area is 400 Å². The molecule has 4 aromatic carbocycles. The van der Waals surface area contributed by atoms with Crippen LogP contribution in [-0.4, -0.2) is 113 Å². The minimum absolute atomic E-state index is 0.00578. The number of nitrogens with one attached hydrogen (secondary N) is 2. The lowest BCUT2D eigenvalue weighted by atomic mass is 9.95. The topological polar surface area (TPSA) is 232 Å². The summed E-state index contributed by atoms with van der Waals surface area (Å²) in [5.74, 6) is -3.87. The second-order valence-electron chi connectivity index (χ2n) is 17.6. The number of nitrogens with zero attached hydrogens (tertiary/aromatic N) is 5. The van der Waals surface area contributed by atoms with Gasteiger partial charge in [-0.3, -0.25) is 19.4 Å². The van der Waals surface area contributed by atoms with Crippen molar-refractivity contribution in [3.8, 4) is 0 Å². The quantitative estimate of drug-likeness (QED) is 0.0430. The van der Waals surface area contributed by atoms with E-state index in [4.69, 9.17) is 11.5 Å². The lowest BCUT2D eigenvalue weighted by Crippen LogP contribution is -2.56. The molecule has 0 fully saturated rings. The van der Waals surface area contributed by atoms with E-state index in [1.807, 2.05) is 0 Å². The van der Waals surface area contributed by atoms with E-state index in [9.17, 15) is 65.3 Å². The van der Waals surface area contributed by atoms with E-state index in [2.05, 4.69) is 10.6 Å². The number of rotatable bonds is 16. The van der Waals surface area contributed by atoms with Crippen molar-refractivity contribution in [1.82, 2.24) is 20.4 Å². The number of quaternary nitrogens is 1. The summed E-state index contributed by atoms with van der Waals surface area (Å²) in [5.41, 5.74) is 11.4. The summed E-state index contributed by atoms with van der Waals surface area (Å²) in [6, 6.07) is 17.0. The number of halogens is 6. The number of nitrogens with two attached hydrogens (primary N) is 2. The van der Waals surface area contributed by atoms with Crippen molar-refractivity contribution in [1.29, 1.82) is 0 Å². The predicted octanol–water partition coefficient (Wildman–Crippen LogP) is 6.09. The van der Waals surface area contributed by atoms with Crippen molar-refractivity contribution in [2.45, 2.75) is 37.3 Å². The van der Waals surface area contributed by atoms with E-state index < -0.39 is 89.0 Å². The molecular formula is C48H46F6N9O8+. The Morgan fingerprint density at radius 3 is 1.30 bits per heavy atom. The fraction of sp³-hybridized carbons (Fsp3) is 0.292. The van der Waals surface area contributed by atoms with Gasteiger partial charge in [-0.25, -0.2) is 19.2 Å². The number of carboxylic acid groups (broad SMARTS) is 2. The van der Waals surface area contributed by atoms with Crippen molar-refractivity contribution in [2.24, 2.45) is 0 Å². The van der Waals surface area contributed by atoms with Gasteiger partial charge in [0.1, 0.15) is 0 Å². The van der Waals surface area contributed by atoms with E-state index in [-0.39, 0.29) is 86.0 Å². The van der Waals surface area contributed by atoms with Crippen LogP contribution in [0, 0.1) is 0 Å². The number of alkyl halides is 6. The van der Waals surface area contributed by atoms with Gasteiger partial charge in [0, 0.05) is 37.3 Å². The standard InChI is InChI=1S/C48H45F6N9O8/c49-47(50,51)29-5-1-7-33(21-29)61-35-23-59(43(68)39(35)41(57-45(61)70)27-9-13-31(55)14-10-27)17-3-19-63(25-37(64)65,26-38(66)67)20-4-18-60-24-36-40(44(60)69)42(28-11-15-32(56)16-12-28)58-46(71)62(36)34-8-2-6-30(22-34)48(52,53)54/h1-2,5-16,21-22,41-42H,3-4,17-20,23-26,55-56H2,(H3-,57,58,64,65,66,67,70,71)/p+1/t41-,42-/m1/s1. The zero-order valence-electron chi connectivity index (χ0n) is 37.5. The number of hydrogen-bond acceptors (Lipinski definition) is 8. The summed E-state index contributed by atoms with van der Waals surface area (Å²) in [6.45, 7) is -2.36. The number of carbonyl (C=O) groups is 6. The van der Waals surface area contributed by atoms with Gasteiger partial charge in [0.2, 0.25) is 0 Å². The number of anilines is 4. The highest BCUT2D eigenvalue weighted by atomic mass is 19.4. The van der Waals surface area contributed by atoms with Gasteiger partial charge in [0.05, 0.1) is 83.3 Å². The van der Waals surface area contributed by atoms with Gasteiger partial charge in [0.15, 0.2) is 13.1 Å². The molecule has 2 atom stereocenters. The van der Waals surface area contributed by atoms with E-state index in [0.29, 0.717) is 22.5 Å². The molecule has 4 aliphatic rings. The zero-order chi connectivity index (χ0) is 51.2. The second kappa shape index (κ2) is 19.0. The van der Waals surface area contributed by atoms with Crippen LogP contribution in [0.1, 0.15) is 47.2 Å². The van der Waals surface area contributed by atoms with E-state index >= 15 is 0 Å². The third-order valence-corrected chi connectivity index (χ3v) is 12.9. The molecule has 23 heteroatoms. The third-order valence-electron chi connectivity index (χ3n) is 12.9. The molecular weight excluding hydrogens is 945 g/mol. The van der Waals surface area contributed by atoms with Crippen molar-refractivity contribution < 1.29 is 69.8 Å². The highest BCUT2D eigenvalue weighted by molar-refractivity contribution is 6.08. The Hall–Kier alpha value is -8.08. The molecule has 4 heterocycles. The van der Waals surface area contributed by atoms with Crippen molar-refractivity contribution in [3.63, 3.8) is 0 Å². The highest BCUT2D eigenvalue weighted by Crippen LogP contribution is 2.42. The van der Waals surface area contributed by atoms with Gasteiger partial charge in [-0.15, -0.1) is 0 Å². The van der Waals surface area contributed by atoms with Gasteiger partial charge >= 0.3 is 36.4 Å². The van der Waals surface area contributed by atoms with E-state index in [1.54, 1.807) is 48.5 Å². The summed E-state index contributed by atoms with van der Waals surface area (Å²) in [6.07, 6.45) is -9.50. The maximum absolute atomic E-state index is 14.4. The Bertz CT molecular complexity index is 2680. The van der Waals surface area contributed by atoms with Crippen LogP contribution in [0.25, 0.3) is 0 Å². The van der Waals surface area contributed by atoms with Crippen molar-refractivity contribution in [3.05, 3.63) is 142 Å². The van der Waals surface area contributed by atoms with Crippen LogP contribution in [0.4, 0.5) is 58.7 Å². The summed E-state index contributed by atoms with van der Waals surface area (Å²) < 4.78 is 82.4. The first kappa shape index (κ1) is 49.3. The molecule has 0 spiro atoms. The summed E-state index contributed by atoms with van der Waals surface area (Å²) >= 11 is 0. The largest absolute Gasteiger partial charge is 0.477 e. The van der Waals surface area contributed by atoms with Gasteiger partial charge in [-0.2, -0.15) is 26.3 Å². The molecule has 0 unspecified atom stereocenters. The molecule has 372 valence electrons. The number of carboxylic acids is 2. The van der Waals surface area contributed by atoms with Crippen LogP contribution in [0.5, 0.6) is 0 Å². The first-order chi connectivity index (χ1) is 33.5. The van der Waals surface area contributed by atoms with Gasteiger partial charge in [-0.1, -0.05) is 36.4 Å². The first-order valence-electron chi connectivity index (χ1n) is 22.1. The summed E-state index contributed by atoms with van der Waals surface area (Å²) in [5, 5.41) is 25.7. The Kier molecular flexibility index (Phi) is 13.2. The fourth-order valence-corrected chi connectivity index (χ4v) is 9.67. The van der Waals surface area contributed by atoms with Crippen LogP contribution in [0.2, 0.25) is 0 Å². The number of nitrogen functional groups attached to an aromatic ring is 2. The fourth-order valence-electron chi connectivity index (χ4n) is 9.67. The molecule has 0 bridgehead atoms. The smallest absolute Gasteiger partial charge is 0.416 e. The second-order valence-corrected chi connectivity index (χ2v) is 17.6. The van der Waals surface area contributed by atoms with Gasteiger partial charge in [0.25, 0.3) is 11.8 Å². The highest BCUT2D eigenvalue weighted by Gasteiger charge is 2.47. The molecule has 8 N–H and O–H groups in total. The van der Waals surface area contributed by atoms with Crippen LogP contribution < -0.4 is 31.9 Å². The molecule has 4 aromatic rings. The lowest BCUT2D eigenvalue weighted by molar-refractivity contribution is -0.914. The average molecular weight is 991 g/mol. The lowest BCUT2D eigenvalue weighted by Gasteiger charge is -2.37. The molecule has 17 nitrogen and oxygen atoms in total. The van der Waals surface area contributed by atoms with Crippen LogP contribution in [-0.2, 0) is 31.5 Å². The zero-order valence-corrected chi connectivity index (χ0v) is 37.5. The number of urea groups is 2. The number of amides is 6. The predicted molar refractivity (Wildman–Crippen MR) is 244 cm³/mol. The number of hydrogen-bond donors (Lipinski definition) is 6. The number of carbonyl (C=O) groups excluding carboxylic acids is 4. The van der Waals surface area contributed by atoms with Gasteiger partial charge < -0.3 is 46.6 Å². The van der Waals surface area contributed by atoms with Gasteiger partial charge in [-0.05, 0) is 71.8 Å². The first-order valence-corrected chi connectivity index (χ1v) is 22.1. The van der Waals surface area contributed by atoms with E-state index in [0.717, 1.165) is 46.2 Å². The maximum Gasteiger partial charge on any atom is 0.416 e. The number of benzene rings is 4. The minimum Gasteiger partial charge on any atom is -0.477 e. The molecule has 8 rings (SSSR count). The normalized spacial score (nSPS) is 18.5. The average Bonchev–Trinajstić information content (AvgIpc) is 3.80. The van der Waals surface area contributed by atoms with Crippen LogP contribution in [0.15, 0.2) is 120 Å². The molecule has 6 amide bonds. The molecule has 71 heavy (non-hydrogen) atoms. The molecule has 0 aliphatic carbocycles. The van der Waals surface area contributed by atoms with Crippen molar-refractivity contribution in [2.75, 3.05) is 73.6 Å². The summed E-state index contributed by atoms with van der Waals surface area (Å²) in [4.78, 5) is 85.8. The Morgan fingerprint density at radius 2 is 0.958 bits per heavy atom. The molecule has 0 saturated heterocycles. The molecule has 0 aromatic heterocycles. The minimum atomic E-state index is -4.75. The molecule has 0 saturated carbocycles. The monoisotopic (exact) mass is 990 g/mol. The molecule has 4 aliphatic heterocycles. The number of aliphatic carboxylic acids is 2. The third kappa shape index (κ3) is 10.2. The summed E-state index contributed by atoms with van der Waals surface area (Å²) in [7, 11) is 0. The Morgan fingerprint density at radius 1 is 0.592 bits per heavy atom. The van der Waals surface area contributed by atoms with Crippen LogP contribution in [0.3, 0.4) is 0 Å². The molecule has 0 radical (unpaired) electrons. The SMILES string of the molecule is Nc1ccc([C@H]2NC(=O)N(c3cccc(C(F)(F)F)c3)C3=C2C(=O)N(CCC[N+](CCCN2CC4=C(C2=O)[C@@H](c2ccc(N)cc2)NC(=O)N4c2cccc(C(F)(F)F)c2)(CC(=O)O)CC(=O)O)C3)cc1. The maximum atomic E-state index is 14.4. The Balaban J connectivity index is 1.02.